The van der Waals surface area contributed by atoms with Gasteiger partial charge in [-0.25, -0.2) is 0 Å². The number of hydrogen-bond acceptors (Lipinski definition) is 6. The van der Waals surface area contributed by atoms with Gasteiger partial charge in [0.2, 0.25) is 11.8 Å². The standard InChI is InChI=1S/C16H30N2O6.C2H6.2H2/c1-4-14(19)5-8-22-9-6-17-15(20)11-23-10-7-18-16(21)12-24-13(2)3;1-2;;/h13H,4-12H2,1-3H3,(H,17,20)(H,18,21);1-2H3;2*1H. The third-order valence-corrected chi connectivity index (χ3v) is 2.84. The van der Waals surface area contributed by atoms with E-state index in [0.29, 0.717) is 39.1 Å². The minimum absolute atomic E-state index is 0. The lowest BCUT2D eigenvalue weighted by molar-refractivity contribution is -0.127. The summed E-state index contributed by atoms with van der Waals surface area (Å²) in [6, 6.07) is 0. The fourth-order valence-corrected chi connectivity index (χ4v) is 1.50. The van der Waals surface area contributed by atoms with Crippen molar-refractivity contribution >= 4 is 17.6 Å². The zero-order valence-corrected chi connectivity index (χ0v) is 16.9. The smallest absolute Gasteiger partial charge is 0.246 e. The van der Waals surface area contributed by atoms with Crippen molar-refractivity contribution < 1.29 is 31.4 Å². The predicted molar refractivity (Wildman–Crippen MR) is 104 cm³/mol. The zero-order valence-electron chi connectivity index (χ0n) is 16.9. The molecule has 0 aromatic heterocycles. The van der Waals surface area contributed by atoms with Crippen LogP contribution >= 0.6 is 0 Å². The van der Waals surface area contributed by atoms with Crippen molar-refractivity contribution in [3.63, 3.8) is 0 Å². The Kier molecular flexibility index (Phi) is 20.4. The van der Waals surface area contributed by atoms with Gasteiger partial charge in [0, 0.05) is 28.8 Å². The summed E-state index contributed by atoms with van der Waals surface area (Å²) in [5.74, 6) is -0.302. The lowest BCUT2D eigenvalue weighted by atomic mass is 10.2. The quantitative estimate of drug-likeness (QED) is 0.418. The summed E-state index contributed by atoms with van der Waals surface area (Å²) in [4.78, 5) is 33.8. The third-order valence-electron chi connectivity index (χ3n) is 2.84. The van der Waals surface area contributed by atoms with E-state index in [4.69, 9.17) is 14.2 Å². The van der Waals surface area contributed by atoms with Crippen LogP contribution in [0, 0.1) is 0 Å². The molecule has 8 heteroatoms. The first-order valence-electron chi connectivity index (χ1n) is 9.27. The molecule has 0 aromatic carbocycles. The van der Waals surface area contributed by atoms with Crippen LogP contribution in [-0.4, -0.2) is 69.8 Å². The largest absolute Gasteiger partial charge is 0.379 e. The zero-order chi connectivity index (χ0) is 20.2. The highest BCUT2D eigenvalue weighted by Gasteiger charge is 2.04. The summed E-state index contributed by atoms with van der Waals surface area (Å²) in [5, 5.41) is 5.26. The molecule has 0 saturated heterocycles. The topological polar surface area (TPSA) is 103 Å². The van der Waals surface area contributed by atoms with Gasteiger partial charge >= 0.3 is 0 Å². The molecule has 0 aromatic rings. The Balaban J connectivity index is -0.000000695. The Morgan fingerprint density at radius 2 is 1.42 bits per heavy atom. The van der Waals surface area contributed by atoms with Gasteiger partial charge in [-0.05, 0) is 13.8 Å². The highest BCUT2D eigenvalue weighted by Crippen LogP contribution is 1.89. The Morgan fingerprint density at radius 3 is 1.96 bits per heavy atom. The molecule has 0 aliphatic heterocycles. The molecule has 0 heterocycles. The normalized spacial score (nSPS) is 10.1. The number of ketones is 1. The summed E-state index contributed by atoms with van der Waals surface area (Å²) in [5.41, 5.74) is 0. The number of hydrogen-bond donors (Lipinski definition) is 2. The van der Waals surface area contributed by atoms with Gasteiger partial charge in [-0.1, -0.05) is 20.8 Å². The molecule has 0 spiro atoms. The van der Waals surface area contributed by atoms with Crippen molar-refractivity contribution in [3.05, 3.63) is 0 Å². The molecular weight excluding hydrogens is 340 g/mol. The van der Waals surface area contributed by atoms with Crippen LogP contribution in [0.5, 0.6) is 0 Å². The second-order valence-corrected chi connectivity index (χ2v) is 5.37. The summed E-state index contributed by atoms with van der Waals surface area (Å²) < 4.78 is 15.5. The number of amides is 2. The average Bonchev–Trinajstić information content (AvgIpc) is 2.63. The van der Waals surface area contributed by atoms with Crippen molar-refractivity contribution in [3.8, 4) is 0 Å². The summed E-state index contributed by atoms with van der Waals surface area (Å²) in [6.07, 6.45) is 0.927. The summed E-state index contributed by atoms with van der Waals surface area (Å²) >= 11 is 0. The van der Waals surface area contributed by atoms with Crippen molar-refractivity contribution in [2.75, 3.05) is 46.1 Å². The molecule has 0 radical (unpaired) electrons. The number of rotatable bonds is 15. The van der Waals surface area contributed by atoms with E-state index < -0.39 is 0 Å². The van der Waals surface area contributed by atoms with Gasteiger partial charge in [-0.2, -0.15) is 0 Å². The maximum Gasteiger partial charge on any atom is 0.246 e. The maximum absolute atomic E-state index is 11.5. The van der Waals surface area contributed by atoms with E-state index in [1.54, 1.807) is 0 Å². The highest BCUT2D eigenvalue weighted by atomic mass is 16.5. The lowest BCUT2D eigenvalue weighted by Crippen LogP contribution is -2.34. The molecule has 158 valence electrons. The van der Waals surface area contributed by atoms with Gasteiger partial charge in [0.15, 0.2) is 0 Å². The molecule has 2 N–H and O–H groups in total. The molecule has 26 heavy (non-hydrogen) atoms. The van der Waals surface area contributed by atoms with Gasteiger partial charge in [0.25, 0.3) is 0 Å². The van der Waals surface area contributed by atoms with Crippen LogP contribution in [0.25, 0.3) is 0 Å². The van der Waals surface area contributed by atoms with E-state index in [0.717, 1.165) is 0 Å². The van der Waals surface area contributed by atoms with Crippen LogP contribution in [0.4, 0.5) is 0 Å². The SMILES string of the molecule is CC.CCC(=O)CCOCCNC(=O)COCCNC(=O)COC(C)C.[HH].[HH]. The molecule has 2 amide bonds. The van der Waals surface area contributed by atoms with E-state index in [-0.39, 0.29) is 46.4 Å². The van der Waals surface area contributed by atoms with Crippen molar-refractivity contribution in [2.24, 2.45) is 0 Å². The van der Waals surface area contributed by atoms with Gasteiger partial charge in [0.1, 0.15) is 19.0 Å². The Morgan fingerprint density at radius 1 is 0.885 bits per heavy atom. The first-order chi connectivity index (χ1) is 12.5. The second kappa shape index (κ2) is 19.8. The number of carbonyl (C=O) groups excluding carboxylic acids is 3. The number of Topliss-reactive ketones (excluding diaryl/α,β-unsaturated/α-hetero) is 1. The molecule has 0 aliphatic rings. The van der Waals surface area contributed by atoms with Crippen molar-refractivity contribution in [2.45, 2.75) is 53.6 Å². The minimum atomic E-state index is -0.252. The lowest BCUT2D eigenvalue weighted by Gasteiger charge is -2.09. The van der Waals surface area contributed by atoms with E-state index in [2.05, 4.69) is 10.6 Å². The van der Waals surface area contributed by atoms with Crippen LogP contribution in [0.3, 0.4) is 0 Å². The second-order valence-electron chi connectivity index (χ2n) is 5.37. The van der Waals surface area contributed by atoms with E-state index in [1.807, 2.05) is 34.6 Å². The van der Waals surface area contributed by atoms with Gasteiger partial charge in [0.05, 0.1) is 25.9 Å². The Labute approximate surface area is 160 Å². The fraction of sp³-hybridized carbons (Fsp3) is 0.833. The van der Waals surface area contributed by atoms with Crippen molar-refractivity contribution in [1.82, 2.24) is 10.6 Å². The van der Waals surface area contributed by atoms with Gasteiger partial charge in [-0.15, -0.1) is 0 Å². The first kappa shape index (κ1) is 26.7. The van der Waals surface area contributed by atoms with E-state index in [1.165, 1.54) is 0 Å². The van der Waals surface area contributed by atoms with Crippen LogP contribution < -0.4 is 10.6 Å². The predicted octanol–water partition coefficient (Wildman–Crippen LogP) is 1.56. The average molecular weight is 381 g/mol. The van der Waals surface area contributed by atoms with Crippen LogP contribution in [0.15, 0.2) is 0 Å². The monoisotopic (exact) mass is 380 g/mol. The molecule has 0 saturated carbocycles. The third kappa shape index (κ3) is 20.5. The van der Waals surface area contributed by atoms with Gasteiger partial charge < -0.3 is 24.8 Å². The summed E-state index contributed by atoms with van der Waals surface area (Å²) in [6.45, 7) is 11.1. The number of nitrogens with one attached hydrogen (secondary N) is 2. The molecular formula is C18H40N2O6. The fourth-order valence-electron chi connectivity index (χ4n) is 1.50. The first-order valence-corrected chi connectivity index (χ1v) is 9.27. The van der Waals surface area contributed by atoms with Crippen LogP contribution in [0.1, 0.15) is 50.3 Å². The van der Waals surface area contributed by atoms with E-state index >= 15 is 0 Å². The van der Waals surface area contributed by atoms with Crippen LogP contribution in [0.2, 0.25) is 0 Å². The van der Waals surface area contributed by atoms with E-state index in [9.17, 15) is 14.4 Å². The molecule has 0 atom stereocenters. The number of ether oxygens (including phenoxy) is 3. The number of carbonyl (C=O) groups is 3. The summed E-state index contributed by atoms with van der Waals surface area (Å²) in [7, 11) is 0. The Bertz CT molecular complexity index is 385. The maximum atomic E-state index is 11.5. The molecule has 0 unspecified atom stereocenters. The highest BCUT2D eigenvalue weighted by molar-refractivity contribution is 5.78. The molecule has 0 bridgehead atoms. The van der Waals surface area contributed by atoms with Gasteiger partial charge in [-0.3, -0.25) is 14.4 Å². The molecule has 0 rings (SSSR count). The van der Waals surface area contributed by atoms with Crippen molar-refractivity contribution in [1.29, 1.82) is 0 Å². The van der Waals surface area contributed by atoms with Crippen LogP contribution in [-0.2, 0) is 28.6 Å². The minimum Gasteiger partial charge on any atom is -0.379 e. The molecule has 0 fully saturated rings. The molecule has 8 nitrogen and oxygen atoms in total. The Hall–Kier alpha value is -1.51. The molecule has 0 aliphatic carbocycles.